The van der Waals surface area contributed by atoms with E-state index in [0.29, 0.717) is 5.02 Å². The van der Waals surface area contributed by atoms with Crippen LogP contribution < -0.4 is 0 Å². The first kappa shape index (κ1) is 16.2. The number of rotatable bonds is 4. The van der Waals surface area contributed by atoms with E-state index in [-0.39, 0.29) is 0 Å². The zero-order valence-electron chi connectivity index (χ0n) is 13.4. The number of hydrogen-bond donors (Lipinski definition) is 0. The van der Waals surface area contributed by atoms with Gasteiger partial charge in [0.2, 0.25) is 0 Å². The molecule has 3 aromatic carbocycles. The quantitative estimate of drug-likeness (QED) is 0.439. The molecule has 0 aliphatic heterocycles. The van der Waals surface area contributed by atoms with Crippen molar-refractivity contribution in [2.45, 2.75) is 6.92 Å². The van der Waals surface area contributed by atoms with Gasteiger partial charge in [0.15, 0.2) is 0 Å². The Morgan fingerprint density at radius 3 is 1.62 bits per heavy atom. The molecule has 0 aromatic heterocycles. The zero-order chi connectivity index (χ0) is 16.8. The lowest BCUT2D eigenvalue weighted by atomic mass is 10.0. The van der Waals surface area contributed by atoms with Gasteiger partial charge in [-0.3, -0.25) is 0 Å². The van der Waals surface area contributed by atoms with Gasteiger partial charge in [-0.1, -0.05) is 84.4 Å². The third-order valence-electron chi connectivity index (χ3n) is 3.66. The Morgan fingerprint density at radius 2 is 1.12 bits per heavy atom. The highest BCUT2D eigenvalue weighted by molar-refractivity contribution is 6.30. The van der Waals surface area contributed by atoms with Crippen LogP contribution in [-0.2, 0) is 0 Å². The van der Waals surface area contributed by atoms with Gasteiger partial charge in [0, 0.05) is 16.1 Å². The minimum Gasteiger partial charge on any atom is -0.155 e. The molecule has 0 unspecified atom stereocenters. The minimum atomic E-state index is 0.712. The lowest BCUT2D eigenvalue weighted by molar-refractivity contribution is 1.22. The van der Waals surface area contributed by atoms with Gasteiger partial charge in [-0.15, -0.1) is 5.10 Å². The average Bonchev–Trinajstić information content (AvgIpc) is 2.64. The van der Waals surface area contributed by atoms with Crippen molar-refractivity contribution in [1.29, 1.82) is 0 Å². The first-order chi connectivity index (χ1) is 11.7. The smallest absolute Gasteiger partial charge is 0.100 e. The highest BCUT2D eigenvalue weighted by Gasteiger charge is 2.06. The molecule has 2 nitrogen and oxygen atoms in total. The molecule has 3 aromatic rings. The molecule has 0 atom stereocenters. The van der Waals surface area contributed by atoms with Crippen molar-refractivity contribution >= 4 is 23.0 Å². The standard InChI is InChI=1S/C21H17ClN2/c1-16(17-12-14-20(22)15-13-17)23-24-21(18-8-4-2-5-9-18)19-10-6-3-7-11-19/h2-15H,1H3/b23-16-. The SMILES string of the molecule is C/C(=N/N=C(c1ccccc1)c1ccccc1)c1ccc(Cl)cc1. The summed E-state index contributed by atoms with van der Waals surface area (Å²) in [6, 6.07) is 27.8. The Morgan fingerprint density at radius 1 is 0.625 bits per heavy atom. The maximum Gasteiger partial charge on any atom is 0.100 e. The highest BCUT2D eigenvalue weighted by Crippen LogP contribution is 2.13. The van der Waals surface area contributed by atoms with Crippen LogP contribution in [0.25, 0.3) is 0 Å². The Kier molecular flexibility index (Phi) is 5.19. The van der Waals surface area contributed by atoms with E-state index in [9.17, 15) is 0 Å². The Balaban J connectivity index is 2.01. The second-order valence-electron chi connectivity index (χ2n) is 5.37. The van der Waals surface area contributed by atoms with Gasteiger partial charge in [-0.05, 0) is 24.6 Å². The van der Waals surface area contributed by atoms with Gasteiger partial charge in [0.25, 0.3) is 0 Å². The summed E-state index contributed by atoms with van der Waals surface area (Å²) >= 11 is 5.94. The summed E-state index contributed by atoms with van der Waals surface area (Å²) in [5, 5.41) is 9.69. The van der Waals surface area contributed by atoms with E-state index < -0.39 is 0 Å². The fourth-order valence-corrected chi connectivity index (χ4v) is 2.47. The van der Waals surface area contributed by atoms with E-state index >= 15 is 0 Å². The zero-order valence-corrected chi connectivity index (χ0v) is 14.1. The largest absolute Gasteiger partial charge is 0.155 e. The molecule has 0 bridgehead atoms. The summed E-state index contributed by atoms with van der Waals surface area (Å²) in [6.07, 6.45) is 0. The molecule has 0 N–H and O–H groups in total. The molecule has 0 saturated heterocycles. The summed E-state index contributed by atoms with van der Waals surface area (Å²) in [7, 11) is 0. The first-order valence-electron chi connectivity index (χ1n) is 7.73. The van der Waals surface area contributed by atoms with Crippen LogP contribution in [-0.4, -0.2) is 11.4 Å². The van der Waals surface area contributed by atoms with Crippen LogP contribution in [0.15, 0.2) is 95.1 Å². The van der Waals surface area contributed by atoms with Crippen molar-refractivity contribution in [2.75, 3.05) is 0 Å². The molecule has 3 heteroatoms. The van der Waals surface area contributed by atoms with Crippen LogP contribution in [0.4, 0.5) is 0 Å². The van der Waals surface area contributed by atoms with Crippen molar-refractivity contribution in [2.24, 2.45) is 10.2 Å². The van der Waals surface area contributed by atoms with Crippen LogP contribution in [0.5, 0.6) is 0 Å². The molecule has 0 amide bonds. The van der Waals surface area contributed by atoms with Crippen molar-refractivity contribution < 1.29 is 0 Å². The van der Waals surface area contributed by atoms with Crippen molar-refractivity contribution in [1.82, 2.24) is 0 Å². The normalized spacial score (nSPS) is 11.2. The maximum atomic E-state index is 5.94. The van der Waals surface area contributed by atoms with E-state index in [1.165, 1.54) is 0 Å². The van der Waals surface area contributed by atoms with Gasteiger partial charge < -0.3 is 0 Å². The molecule has 118 valence electrons. The molecular formula is C21H17ClN2. The molecule has 0 radical (unpaired) electrons. The molecule has 0 saturated carbocycles. The molecule has 0 fully saturated rings. The van der Waals surface area contributed by atoms with Crippen molar-refractivity contribution in [3.8, 4) is 0 Å². The molecule has 0 aliphatic rings. The molecule has 0 heterocycles. The third kappa shape index (κ3) is 3.98. The summed E-state index contributed by atoms with van der Waals surface area (Å²) in [6.45, 7) is 1.94. The molecule has 0 aliphatic carbocycles. The molecule has 0 spiro atoms. The lowest BCUT2D eigenvalue weighted by Gasteiger charge is -2.06. The number of benzene rings is 3. The predicted molar refractivity (Wildman–Crippen MR) is 102 cm³/mol. The van der Waals surface area contributed by atoms with Crippen LogP contribution in [0, 0.1) is 0 Å². The summed E-state index contributed by atoms with van der Waals surface area (Å²) in [5.41, 5.74) is 4.77. The highest BCUT2D eigenvalue weighted by atomic mass is 35.5. The second-order valence-corrected chi connectivity index (χ2v) is 5.81. The van der Waals surface area contributed by atoms with E-state index in [4.69, 9.17) is 11.6 Å². The lowest BCUT2D eigenvalue weighted by Crippen LogP contribution is -2.03. The van der Waals surface area contributed by atoms with Crippen LogP contribution in [0.2, 0.25) is 5.02 Å². The van der Waals surface area contributed by atoms with Crippen molar-refractivity contribution in [3.63, 3.8) is 0 Å². The molecular weight excluding hydrogens is 316 g/mol. The van der Waals surface area contributed by atoms with Gasteiger partial charge in [-0.25, -0.2) is 0 Å². The second kappa shape index (κ2) is 7.71. The summed E-state index contributed by atoms with van der Waals surface area (Å²) < 4.78 is 0. The Bertz CT molecular complexity index is 810. The predicted octanol–water partition coefficient (Wildman–Crippen LogP) is 5.60. The summed E-state index contributed by atoms with van der Waals surface area (Å²) in [4.78, 5) is 0. The van der Waals surface area contributed by atoms with Gasteiger partial charge >= 0.3 is 0 Å². The van der Waals surface area contributed by atoms with Crippen molar-refractivity contribution in [3.05, 3.63) is 107 Å². The van der Waals surface area contributed by atoms with Gasteiger partial charge in [-0.2, -0.15) is 5.10 Å². The topological polar surface area (TPSA) is 24.7 Å². The average molecular weight is 333 g/mol. The maximum absolute atomic E-state index is 5.94. The van der Waals surface area contributed by atoms with E-state index in [1.807, 2.05) is 91.9 Å². The van der Waals surface area contributed by atoms with Crippen LogP contribution in [0.3, 0.4) is 0 Å². The first-order valence-corrected chi connectivity index (χ1v) is 8.11. The van der Waals surface area contributed by atoms with Crippen LogP contribution >= 0.6 is 11.6 Å². The number of nitrogens with zero attached hydrogens (tertiary/aromatic N) is 2. The van der Waals surface area contributed by atoms with E-state index in [1.54, 1.807) is 0 Å². The van der Waals surface area contributed by atoms with Gasteiger partial charge in [0.1, 0.15) is 5.71 Å². The monoisotopic (exact) mass is 332 g/mol. The number of halogens is 1. The summed E-state index contributed by atoms with van der Waals surface area (Å²) in [5.74, 6) is 0. The van der Waals surface area contributed by atoms with Gasteiger partial charge in [0.05, 0.1) is 5.71 Å². The number of hydrogen-bond acceptors (Lipinski definition) is 2. The third-order valence-corrected chi connectivity index (χ3v) is 3.91. The Labute approximate surface area is 147 Å². The fourth-order valence-electron chi connectivity index (χ4n) is 2.35. The Hall–Kier alpha value is -2.71. The molecule has 3 rings (SSSR count). The van der Waals surface area contributed by atoms with E-state index in [2.05, 4.69) is 10.2 Å². The van der Waals surface area contributed by atoms with Crippen LogP contribution in [0.1, 0.15) is 23.6 Å². The molecule has 24 heavy (non-hydrogen) atoms. The van der Waals surface area contributed by atoms with E-state index in [0.717, 1.165) is 28.1 Å². The minimum absolute atomic E-state index is 0.712. The fraction of sp³-hybridized carbons (Fsp3) is 0.0476.